The standard InChI is InChI=1S/C11H20N4O/c1-15(2)7-9(12)11-13-10(16-14-11)6-8-4-3-5-8/h8-9H,3-7,12H2,1-2H3. The average molecular weight is 224 g/mol. The first-order valence-corrected chi connectivity index (χ1v) is 5.88. The van der Waals surface area contributed by atoms with Crippen molar-refractivity contribution in [2.24, 2.45) is 11.7 Å². The molecule has 0 amide bonds. The zero-order valence-electron chi connectivity index (χ0n) is 10.0. The summed E-state index contributed by atoms with van der Waals surface area (Å²) in [4.78, 5) is 6.38. The first-order chi connectivity index (χ1) is 7.65. The van der Waals surface area contributed by atoms with Crippen LogP contribution in [0.2, 0.25) is 0 Å². The van der Waals surface area contributed by atoms with Gasteiger partial charge in [0.05, 0.1) is 6.04 Å². The molecule has 1 atom stereocenters. The summed E-state index contributed by atoms with van der Waals surface area (Å²) in [6.45, 7) is 0.738. The van der Waals surface area contributed by atoms with Crippen molar-refractivity contribution in [2.45, 2.75) is 31.7 Å². The molecule has 1 aromatic rings. The molecule has 1 aromatic heterocycles. The molecule has 1 unspecified atom stereocenters. The summed E-state index contributed by atoms with van der Waals surface area (Å²) in [7, 11) is 3.96. The van der Waals surface area contributed by atoms with Crippen LogP contribution in [0.4, 0.5) is 0 Å². The number of hydrogen-bond acceptors (Lipinski definition) is 5. The van der Waals surface area contributed by atoms with Crippen LogP contribution >= 0.6 is 0 Å². The van der Waals surface area contributed by atoms with Gasteiger partial charge < -0.3 is 15.2 Å². The van der Waals surface area contributed by atoms with E-state index < -0.39 is 0 Å². The molecular formula is C11H20N4O. The number of hydrogen-bond donors (Lipinski definition) is 1. The van der Waals surface area contributed by atoms with Crippen LogP contribution in [0.25, 0.3) is 0 Å². The third kappa shape index (κ3) is 2.80. The quantitative estimate of drug-likeness (QED) is 0.807. The van der Waals surface area contributed by atoms with E-state index in [2.05, 4.69) is 10.1 Å². The fraction of sp³-hybridized carbons (Fsp3) is 0.818. The third-order valence-electron chi connectivity index (χ3n) is 3.07. The van der Waals surface area contributed by atoms with Gasteiger partial charge in [0.25, 0.3) is 0 Å². The van der Waals surface area contributed by atoms with Gasteiger partial charge in [-0.2, -0.15) is 4.98 Å². The number of rotatable bonds is 5. The van der Waals surface area contributed by atoms with Gasteiger partial charge in [0.2, 0.25) is 5.89 Å². The molecule has 0 radical (unpaired) electrons. The van der Waals surface area contributed by atoms with Crippen molar-refractivity contribution in [3.8, 4) is 0 Å². The van der Waals surface area contributed by atoms with Crippen molar-refractivity contribution in [1.82, 2.24) is 15.0 Å². The molecule has 1 heterocycles. The van der Waals surface area contributed by atoms with Crippen LogP contribution in [-0.4, -0.2) is 35.7 Å². The SMILES string of the molecule is CN(C)CC(N)c1noc(CC2CCC2)n1. The highest BCUT2D eigenvalue weighted by Crippen LogP contribution is 2.29. The molecule has 1 saturated carbocycles. The summed E-state index contributed by atoms with van der Waals surface area (Å²) >= 11 is 0. The molecule has 1 fully saturated rings. The highest BCUT2D eigenvalue weighted by molar-refractivity contribution is 4.95. The maximum Gasteiger partial charge on any atom is 0.226 e. The third-order valence-corrected chi connectivity index (χ3v) is 3.07. The zero-order chi connectivity index (χ0) is 11.5. The Morgan fingerprint density at radius 3 is 2.81 bits per heavy atom. The van der Waals surface area contributed by atoms with E-state index in [9.17, 15) is 0 Å². The molecule has 1 aliphatic rings. The van der Waals surface area contributed by atoms with Gasteiger partial charge in [0, 0.05) is 13.0 Å². The summed E-state index contributed by atoms with van der Waals surface area (Å²) in [5, 5.41) is 3.94. The number of nitrogens with two attached hydrogens (primary N) is 1. The van der Waals surface area contributed by atoms with E-state index in [1.54, 1.807) is 0 Å². The van der Waals surface area contributed by atoms with Crippen LogP contribution in [0.3, 0.4) is 0 Å². The second kappa shape index (κ2) is 4.93. The molecule has 2 rings (SSSR count). The minimum Gasteiger partial charge on any atom is -0.339 e. The van der Waals surface area contributed by atoms with E-state index in [4.69, 9.17) is 10.3 Å². The van der Waals surface area contributed by atoms with Crippen molar-refractivity contribution < 1.29 is 4.52 Å². The normalized spacial score (nSPS) is 18.8. The van der Waals surface area contributed by atoms with Crippen molar-refractivity contribution in [3.63, 3.8) is 0 Å². The Labute approximate surface area is 96.0 Å². The first-order valence-electron chi connectivity index (χ1n) is 5.88. The van der Waals surface area contributed by atoms with E-state index in [1.807, 2.05) is 19.0 Å². The molecule has 16 heavy (non-hydrogen) atoms. The Bertz CT molecular complexity index is 332. The first kappa shape index (κ1) is 11.5. The molecule has 0 spiro atoms. The van der Waals surface area contributed by atoms with Gasteiger partial charge in [-0.15, -0.1) is 0 Å². The lowest BCUT2D eigenvalue weighted by Gasteiger charge is -2.23. The Morgan fingerprint density at radius 2 is 2.25 bits per heavy atom. The predicted molar refractivity (Wildman–Crippen MR) is 60.8 cm³/mol. The van der Waals surface area contributed by atoms with Gasteiger partial charge in [-0.1, -0.05) is 11.6 Å². The smallest absolute Gasteiger partial charge is 0.226 e. The topological polar surface area (TPSA) is 68.2 Å². The van der Waals surface area contributed by atoms with Crippen molar-refractivity contribution in [3.05, 3.63) is 11.7 Å². The summed E-state index contributed by atoms with van der Waals surface area (Å²) in [6.07, 6.45) is 4.84. The van der Waals surface area contributed by atoms with Gasteiger partial charge in [-0.25, -0.2) is 0 Å². The Morgan fingerprint density at radius 1 is 1.50 bits per heavy atom. The van der Waals surface area contributed by atoms with Crippen molar-refractivity contribution in [1.29, 1.82) is 0 Å². The Balaban J connectivity index is 1.90. The fourth-order valence-electron chi connectivity index (χ4n) is 1.92. The monoisotopic (exact) mass is 224 g/mol. The summed E-state index contributed by atoms with van der Waals surface area (Å²) in [5.74, 6) is 2.12. The van der Waals surface area contributed by atoms with Crippen LogP contribution < -0.4 is 5.73 Å². The number of aromatic nitrogens is 2. The lowest BCUT2D eigenvalue weighted by Crippen LogP contribution is -2.26. The van der Waals surface area contributed by atoms with Gasteiger partial charge >= 0.3 is 0 Å². The minimum atomic E-state index is -0.158. The Kier molecular flexibility index (Phi) is 3.56. The molecule has 0 bridgehead atoms. The zero-order valence-corrected chi connectivity index (χ0v) is 10.0. The van der Waals surface area contributed by atoms with Crippen molar-refractivity contribution >= 4 is 0 Å². The molecule has 2 N–H and O–H groups in total. The maximum atomic E-state index is 5.96. The van der Waals surface area contributed by atoms with E-state index in [0.29, 0.717) is 5.82 Å². The minimum absolute atomic E-state index is 0.158. The number of nitrogens with zero attached hydrogens (tertiary/aromatic N) is 3. The van der Waals surface area contributed by atoms with E-state index in [-0.39, 0.29) is 6.04 Å². The van der Waals surface area contributed by atoms with Gasteiger partial charge in [0.1, 0.15) is 0 Å². The molecule has 0 saturated heterocycles. The predicted octanol–water partition coefficient (Wildman–Crippen LogP) is 0.974. The lowest BCUT2D eigenvalue weighted by atomic mass is 9.83. The van der Waals surface area contributed by atoms with E-state index >= 15 is 0 Å². The molecule has 0 aromatic carbocycles. The van der Waals surface area contributed by atoms with Crippen LogP contribution in [0.1, 0.15) is 37.0 Å². The molecule has 5 heteroatoms. The second-order valence-electron chi connectivity index (χ2n) is 4.92. The number of likely N-dealkylation sites (N-methyl/N-ethyl adjacent to an activating group) is 1. The van der Waals surface area contributed by atoms with Gasteiger partial charge in [0.15, 0.2) is 5.82 Å². The molecular weight excluding hydrogens is 204 g/mol. The second-order valence-corrected chi connectivity index (χ2v) is 4.92. The van der Waals surface area contributed by atoms with E-state index in [1.165, 1.54) is 19.3 Å². The lowest BCUT2D eigenvalue weighted by molar-refractivity contribution is 0.272. The van der Waals surface area contributed by atoms with Crippen LogP contribution in [0.15, 0.2) is 4.52 Å². The highest BCUT2D eigenvalue weighted by atomic mass is 16.5. The van der Waals surface area contributed by atoms with E-state index in [0.717, 1.165) is 24.8 Å². The highest BCUT2D eigenvalue weighted by Gasteiger charge is 2.22. The van der Waals surface area contributed by atoms with Crippen LogP contribution in [0, 0.1) is 5.92 Å². The summed E-state index contributed by atoms with van der Waals surface area (Å²) in [6, 6.07) is -0.158. The molecule has 5 nitrogen and oxygen atoms in total. The molecule has 0 aliphatic heterocycles. The molecule has 90 valence electrons. The summed E-state index contributed by atoms with van der Waals surface area (Å²) in [5.41, 5.74) is 5.96. The van der Waals surface area contributed by atoms with Gasteiger partial charge in [-0.3, -0.25) is 0 Å². The van der Waals surface area contributed by atoms with Crippen LogP contribution in [-0.2, 0) is 6.42 Å². The maximum absolute atomic E-state index is 5.96. The Hall–Kier alpha value is -0.940. The molecule has 1 aliphatic carbocycles. The fourth-order valence-corrected chi connectivity index (χ4v) is 1.92. The largest absolute Gasteiger partial charge is 0.339 e. The van der Waals surface area contributed by atoms with Crippen molar-refractivity contribution in [2.75, 3.05) is 20.6 Å². The summed E-state index contributed by atoms with van der Waals surface area (Å²) < 4.78 is 5.21. The average Bonchev–Trinajstić information content (AvgIpc) is 2.58. The van der Waals surface area contributed by atoms with Crippen LogP contribution in [0.5, 0.6) is 0 Å². The van der Waals surface area contributed by atoms with Gasteiger partial charge in [-0.05, 0) is 32.9 Å².